The van der Waals surface area contributed by atoms with Crippen LogP contribution >= 0.6 is 0 Å². The van der Waals surface area contributed by atoms with Crippen LogP contribution in [0.25, 0.3) is 0 Å². The summed E-state index contributed by atoms with van der Waals surface area (Å²) in [6.07, 6.45) is -8.82. The number of benzene rings is 1. The number of rotatable bonds is 5. The maximum atomic E-state index is 12.8. The lowest BCUT2D eigenvalue weighted by atomic mass is 10.0. The molecule has 1 amide bonds. The highest BCUT2D eigenvalue weighted by Crippen LogP contribution is 2.36. The van der Waals surface area contributed by atoms with Crippen molar-refractivity contribution in [2.24, 2.45) is 0 Å². The smallest absolute Gasteiger partial charge is 0.339 e. The SMILES string of the molecule is CCCN(CCC)C(=O)c1cc(C(F)(F)F)cc(C(F)(F)F)c1. The average Bonchev–Trinajstić information content (AvgIpc) is 2.44. The normalized spacial score (nSPS) is 12.3. The molecule has 1 aromatic rings. The van der Waals surface area contributed by atoms with Gasteiger partial charge >= 0.3 is 12.4 Å². The summed E-state index contributed by atoms with van der Waals surface area (Å²) in [7, 11) is 0. The Balaban J connectivity index is 3.36. The highest BCUT2D eigenvalue weighted by Gasteiger charge is 2.37. The van der Waals surface area contributed by atoms with Crippen LogP contribution in [0.3, 0.4) is 0 Å². The maximum absolute atomic E-state index is 12.8. The molecule has 1 aromatic carbocycles. The Labute approximate surface area is 130 Å². The fourth-order valence-corrected chi connectivity index (χ4v) is 2.12. The molecule has 0 bridgehead atoms. The second-order valence-electron chi connectivity index (χ2n) is 5.09. The third kappa shape index (κ3) is 5.14. The van der Waals surface area contributed by atoms with E-state index in [0.29, 0.717) is 25.0 Å². The molecule has 2 nitrogen and oxygen atoms in total. The summed E-state index contributed by atoms with van der Waals surface area (Å²) >= 11 is 0. The lowest BCUT2D eigenvalue weighted by Crippen LogP contribution is -2.33. The Morgan fingerprint density at radius 2 is 1.26 bits per heavy atom. The second kappa shape index (κ2) is 7.23. The zero-order valence-corrected chi connectivity index (χ0v) is 12.7. The number of carbonyl (C=O) groups excluding carboxylic acids is 1. The van der Waals surface area contributed by atoms with E-state index in [-0.39, 0.29) is 19.2 Å². The Kier molecular flexibility index (Phi) is 6.07. The molecule has 0 radical (unpaired) electrons. The monoisotopic (exact) mass is 341 g/mol. The molecular formula is C15H17F6NO. The van der Waals surface area contributed by atoms with E-state index in [1.54, 1.807) is 13.8 Å². The molecule has 0 N–H and O–H groups in total. The van der Waals surface area contributed by atoms with Crippen molar-refractivity contribution in [1.29, 1.82) is 0 Å². The number of hydrogen-bond acceptors (Lipinski definition) is 1. The van der Waals surface area contributed by atoms with Crippen molar-refractivity contribution in [1.82, 2.24) is 4.90 Å². The number of carbonyl (C=O) groups is 1. The number of amides is 1. The van der Waals surface area contributed by atoms with E-state index < -0.39 is 35.0 Å². The maximum Gasteiger partial charge on any atom is 0.416 e. The summed E-state index contributed by atoms with van der Waals surface area (Å²) in [4.78, 5) is 13.5. The van der Waals surface area contributed by atoms with E-state index in [2.05, 4.69) is 0 Å². The summed E-state index contributed by atoms with van der Waals surface area (Å²) in [5.74, 6) is -0.828. The molecule has 0 aliphatic heterocycles. The third-order valence-electron chi connectivity index (χ3n) is 3.11. The average molecular weight is 341 g/mol. The summed E-state index contributed by atoms with van der Waals surface area (Å²) in [5, 5.41) is 0. The van der Waals surface area contributed by atoms with Gasteiger partial charge in [0, 0.05) is 18.7 Å². The second-order valence-corrected chi connectivity index (χ2v) is 5.09. The molecule has 0 saturated carbocycles. The van der Waals surface area contributed by atoms with Crippen LogP contribution < -0.4 is 0 Å². The molecule has 0 saturated heterocycles. The third-order valence-corrected chi connectivity index (χ3v) is 3.11. The van der Waals surface area contributed by atoms with Crippen LogP contribution in [0.2, 0.25) is 0 Å². The van der Waals surface area contributed by atoms with Crippen molar-refractivity contribution >= 4 is 5.91 Å². The van der Waals surface area contributed by atoms with E-state index in [1.165, 1.54) is 4.90 Å². The fourth-order valence-electron chi connectivity index (χ4n) is 2.12. The molecule has 0 fully saturated rings. The molecule has 0 unspecified atom stereocenters. The molecular weight excluding hydrogens is 324 g/mol. The molecule has 23 heavy (non-hydrogen) atoms. The predicted molar refractivity (Wildman–Crippen MR) is 72.9 cm³/mol. The van der Waals surface area contributed by atoms with Gasteiger partial charge in [0.25, 0.3) is 5.91 Å². The Bertz CT molecular complexity index is 512. The summed E-state index contributed by atoms with van der Waals surface area (Å²) < 4.78 is 76.8. The zero-order chi connectivity index (χ0) is 17.8. The summed E-state index contributed by atoms with van der Waals surface area (Å²) in [6, 6.07) is 0.951. The Morgan fingerprint density at radius 1 is 0.870 bits per heavy atom. The van der Waals surface area contributed by atoms with Gasteiger partial charge in [-0.1, -0.05) is 13.8 Å². The molecule has 0 aliphatic rings. The highest BCUT2D eigenvalue weighted by atomic mass is 19.4. The van der Waals surface area contributed by atoms with Gasteiger partial charge < -0.3 is 4.90 Å². The van der Waals surface area contributed by atoms with Crippen molar-refractivity contribution < 1.29 is 31.1 Å². The minimum Gasteiger partial charge on any atom is -0.339 e. The minimum absolute atomic E-state index is 0.0146. The van der Waals surface area contributed by atoms with E-state index in [9.17, 15) is 31.1 Å². The standard InChI is InChI=1S/C15H17F6NO/c1-3-5-22(6-4-2)13(23)10-7-11(14(16,17)18)9-12(8-10)15(19,20)21/h7-9H,3-6H2,1-2H3. The molecule has 0 aliphatic carbocycles. The van der Waals surface area contributed by atoms with E-state index in [0.717, 1.165) is 0 Å². The Hall–Kier alpha value is -1.73. The van der Waals surface area contributed by atoms with Gasteiger partial charge in [0.05, 0.1) is 11.1 Å². The van der Waals surface area contributed by atoms with Crippen LogP contribution in [0.5, 0.6) is 0 Å². The quantitative estimate of drug-likeness (QED) is 0.691. The minimum atomic E-state index is -4.96. The lowest BCUT2D eigenvalue weighted by Gasteiger charge is -2.22. The van der Waals surface area contributed by atoms with Gasteiger partial charge in [-0.2, -0.15) is 26.3 Å². The molecule has 0 aromatic heterocycles. The molecule has 0 heterocycles. The topological polar surface area (TPSA) is 20.3 Å². The lowest BCUT2D eigenvalue weighted by molar-refractivity contribution is -0.143. The van der Waals surface area contributed by atoms with Crippen LogP contribution in [0.4, 0.5) is 26.3 Å². The molecule has 130 valence electrons. The van der Waals surface area contributed by atoms with Gasteiger partial charge in [0.15, 0.2) is 0 Å². The van der Waals surface area contributed by atoms with Gasteiger partial charge in [-0.3, -0.25) is 4.79 Å². The first-order valence-corrected chi connectivity index (χ1v) is 7.09. The van der Waals surface area contributed by atoms with Gasteiger partial charge in [0.2, 0.25) is 0 Å². The van der Waals surface area contributed by atoms with Gasteiger partial charge in [-0.15, -0.1) is 0 Å². The number of hydrogen-bond donors (Lipinski definition) is 0. The van der Waals surface area contributed by atoms with Crippen LogP contribution in [0.1, 0.15) is 48.2 Å². The van der Waals surface area contributed by atoms with Gasteiger partial charge in [0.1, 0.15) is 0 Å². The van der Waals surface area contributed by atoms with Crippen molar-refractivity contribution in [2.75, 3.05) is 13.1 Å². The van der Waals surface area contributed by atoms with Crippen LogP contribution in [-0.4, -0.2) is 23.9 Å². The first kappa shape index (κ1) is 19.3. The zero-order valence-electron chi connectivity index (χ0n) is 12.7. The highest BCUT2D eigenvalue weighted by molar-refractivity contribution is 5.94. The van der Waals surface area contributed by atoms with Crippen molar-refractivity contribution in [2.45, 2.75) is 39.0 Å². The largest absolute Gasteiger partial charge is 0.416 e. The number of alkyl halides is 6. The summed E-state index contributed by atoms with van der Waals surface area (Å²) in [5.41, 5.74) is -3.57. The van der Waals surface area contributed by atoms with Crippen LogP contribution in [0.15, 0.2) is 18.2 Å². The van der Waals surface area contributed by atoms with Crippen molar-refractivity contribution in [3.8, 4) is 0 Å². The first-order valence-electron chi connectivity index (χ1n) is 7.09. The van der Waals surface area contributed by atoms with Crippen molar-refractivity contribution in [3.63, 3.8) is 0 Å². The van der Waals surface area contributed by atoms with Crippen LogP contribution in [-0.2, 0) is 12.4 Å². The number of nitrogens with zero attached hydrogens (tertiary/aromatic N) is 1. The number of halogens is 6. The fraction of sp³-hybridized carbons (Fsp3) is 0.533. The molecule has 0 spiro atoms. The molecule has 1 rings (SSSR count). The molecule has 8 heteroatoms. The van der Waals surface area contributed by atoms with E-state index in [4.69, 9.17) is 0 Å². The Morgan fingerprint density at radius 3 is 1.57 bits per heavy atom. The van der Waals surface area contributed by atoms with Gasteiger partial charge in [-0.25, -0.2) is 0 Å². The molecule has 0 atom stereocenters. The van der Waals surface area contributed by atoms with E-state index in [1.807, 2.05) is 0 Å². The van der Waals surface area contributed by atoms with Crippen molar-refractivity contribution in [3.05, 3.63) is 34.9 Å². The summed E-state index contributed by atoms with van der Waals surface area (Å²) in [6.45, 7) is 4.07. The van der Waals surface area contributed by atoms with Gasteiger partial charge in [-0.05, 0) is 31.0 Å². The van der Waals surface area contributed by atoms with E-state index >= 15 is 0 Å². The predicted octanol–water partition coefficient (Wildman–Crippen LogP) is 4.99. The first-order chi connectivity index (χ1) is 10.5. The van der Waals surface area contributed by atoms with Crippen LogP contribution in [0, 0.1) is 0 Å².